The Morgan fingerprint density at radius 2 is 1.81 bits per heavy atom. The van der Waals surface area contributed by atoms with Gasteiger partial charge in [0.1, 0.15) is 5.82 Å². The first-order valence-electron chi connectivity index (χ1n) is 8.49. The molecule has 1 fully saturated rings. The van der Waals surface area contributed by atoms with Gasteiger partial charge in [-0.1, -0.05) is 35.3 Å². The van der Waals surface area contributed by atoms with E-state index in [-0.39, 0.29) is 11.7 Å². The van der Waals surface area contributed by atoms with Crippen LogP contribution < -0.4 is 10.2 Å². The van der Waals surface area contributed by atoms with Crippen LogP contribution in [0.15, 0.2) is 42.5 Å². The molecule has 1 saturated heterocycles. The summed E-state index contributed by atoms with van der Waals surface area (Å²) in [6.45, 7) is 4.41. The van der Waals surface area contributed by atoms with Crippen molar-refractivity contribution in [2.45, 2.75) is 0 Å². The lowest BCUT2D eigenvalue weighted by Gasteiger charge is -2.36. The lowest BCUT2D eigenvalue weighted by atomic mass is 10.2. The van der Waals surface area contributed by atoms with E-state index in [4.69, 9.17) is 23.2 Å². The van der Waals surface area contributed by atoms with Crippen LogP contribution in [0.25, 0.3) is 0 Å². The summed E-state index contributed by atoms with van der Waals surface area (Å²) < 4.78 is 13.9. The smallest absolute Gasteiger partial charge is 0.252 e. The second-order valence-electron chi connectivity index (χ2n) is 6.16. The van der Waals surface area contributed by atoms with E-state index in [0.29, 0.717) is 27.8 Å². The van der Waals surface area contributed by atoms with Gasteiger partial charge in [-0.3, -0.25) is 9.69 Å². The van der Waals surface area contributed by atoms with Crippen molar-refractivity contribution in [3.63, 3.8) is 0 Å². The van der Waals surface area contributed by atoms with Crippen LogP contribution in [-0.2, 0) is 0 Å². The fraction of sp³-hybridized carbons (Fsp3) is 0.316. The summed E-state index contributed by atoms with van der Waals surface area (Å²) >= 11 is 12.0. The summed E-state index contributed by atoms with van der Waals surface area (Å²) in [5, 5.41) is 3.72. The zero-order chi connectivity index (χ0) is 18.5. The van der Waals surface area contributed by atoms with Crippen LogP contribution in [0.4, 0.5) is 10.1 Å². The third kappa shape index (κ3) is 4.67. The highest BCUT2D eigenvalue weighted by atomic mass is 35.5. The molecule has 1 aliphatic heterocycles. The number of halogens is 3. The van der Waals surface area contributed by atoms with Crippen molar-refractivity contribution >= 4 is 34.8 Å². The van der Waals surface area contributed by atoms with Crippen molar-refractivity contribution in [3.05, 3.63) is 63.9 Å². The van der Waals surface area contributed by atoms with Gasteiger partial charge in [0.2, 0.25) is 0 Å². The Morgan fingerprint density at radius 3 is 2.54 bits per heavy atom. The van der Waals surface area contributed by atoms with Gasteiger partial charge in [0.05, 0.1) is 16.3 Å². The van der Waals surface area contributed by atoms with Crippen LogP contribution in [0.3, 0.4) is 0 Å². The maximum Gasteiger partial charge on any atom is 0.252 e. The van der Waals surface area contributed by atoms with Gasteiger partial charge in [-0.2, -0.15) is 0 Å². The minimum atomic E-state index is -0.234. The summed E-state index contributed by atoms with van der Waals surface area (Å²) in [5.74, 6) is -0.422. The molecule has 0 atom stereocenters. The van der Waals surface area contributed by atoms with Crippen molar-refractivity contribution in [2.75, 3.05) is 44.2 Å². The number of hydrogen-bond acceptors (Lipinski definition) is 3. The van der Waals surface area contributed by atoms with E-state index < -0.39 is 0 Å². The number of hydrogen-bond donors (Lipinski definition) is 1. The SMILES string of the molecule is O=C(NCCN1CCN(c2ccccc2F)CC1)c1cc(Cl)ccc1Cl. The molecule has 0 aliphatic carbocycles. The number of benzene rings is 2. The van der Waals surface area contributed by atoms with E-state index in [1.807, 2.05) is 6.07 Å². The number of nitrogens with one attached hydrogen (secondary N) is 1. The number of para-hydroxylation sites is 1. The van der Waals surface area contributed by atoms with Gasteiger partial charge in [0.15, 0.2) is 0 Å². The molecule has 0 aromatic heterocycles. The molecule has 7 heteroatoms. The Morgan fingerprint density at radius 1 is 1.08 bits per heavy atom. The highest BCUT2D eigenvalue weighted by Gasteiger charge is 2.19. The molecular formula is C19H20Cl2FN3O. The molecule has 0 spiro atoms. The maximum atomic E-state index is 13.9. The summed E-state index contributed by atoms with van der Waals surface area (Å²) in [5.41, 5.74) is 1.03. The lowest BCUT2D eigenvalue weighted by Crippen LogP contribution is -2.48. The monoisotopic (exact) mass is 395 g/mol. The predicted molar refractivity (Wildman–Crippen MR) is 104 cm³/mol. The number of carbonyl (C=O) groups excluding carboxylic acids is 1. The third-order valence-corrected chi connectivity index (χ3v) is 5.02. The Bertz CT molecular complexity index is 779. The normalized spacial score (nSPS) is 15.1. The van der Waals surface area contributed by atoms with E-state index >= 15 is 0 Å². The van der Waals surface area contributed by atoms with E-state index in [9.17, 15) is 9.18 Å². The molecule has 138 valence electrons. The quantitative estimate of drug-likeness (QED) is 0.838. The van der Waals surface area contributed by atoms with Crippen LogP contribution in [0.5, 0.6) is 0 Å². The molecule has 2 aromatic carbocycles. The minimum absolute atomic E-state index is 0.188. The van der Waals surface area contributed by atoms with Gasteiger partial charge < -0.3 is 10.2 Å². The first kappa shape index (κ1) is 19.0. The second kappa shape index (κ2) is 8.71. The number of rotatable bonds is 5. The Hall–Kier alpha value is -1.82. The lowest BCUT2D eigenvalue weighted by molar-refractivity contribution is 0.0948. The minimum Gasteiger partial charge on any atom is -0.367 e. The molecule has 0 bridgehead atoms. The van der Waals surface area contributed by atoms with Crippen molar-refractivity contribution in [2.24, 2.45) is 0 Å². The topological polar surface area (TPSA) is 35.6 Å². The largest absolute Gasteiger partial charge is 0.367 e. The Kier molecular flexibility index (Phi) is 6.35. The van der Waals surface area contributed by atoms with E-state index in [2.05, 4.69) is 15.1 Å². The van der Waals surface area contributed by atoms with E-state index in [1.165, 1.54) is 6.07 Å². The zero-order valence-corrected chi connectivity index (χ0v) is 15.7. The van der Waals surface area contributed by atoms with Crippen molar-refractivity contribution in [1.82, 2.24) is 10.2 Å². The molecule has 1 heterocycles. The fourth-order valence-corrected chi connectivity index (χ4v) is 3.39. The van der Waals surface area contributed by atoms with Crippen LogP contribution >= 0.6 is 23.2 Å². The third-order valence-electron chi connectivity index (χ3n) is 4.45. The Balaban J connectivity index is 1.45. The van der Waals surface area contributed by atoms with Gasteiger partial charge >= 0.3 is 0 Å². The first-order valence-corrected chi connectivity index (χ1v) is 9.25. The summed E-state index contributed by atoms with van der Waals surface area (Å²) in [6.07, 6.45) is 0. The molecule has 4 nitrogen and oxygen atoms in total. The van der Waals surface area contributed by atoms with E-state index in [0.717, 1.165) is 32.7 Å². The van der Waals surface area contributed by atoms with Gasteiger partial charge in [-0.15, -0.1) is 0 Å². The van der Waals surface area contributed by atoms with Gasteiger partial charge in [-0.05, 0) is 30.3 Å². The Labute approximate surface area is 162 Å². The summed E-state index contributed by atoms with van der Waals surface area (Å²) in [4.78, 5) is 16.5. The molecule has 1 amide bonds. The average Bonchev–Trinajstić information content (AvgIpc) is 2.65. The highest BCUT2D eigenvalue weighted by molar-refractivity contribution is 6.35. The zero-order valence-electron chi connectivity index (χ0n) is 14.2. The molecule has 0 radical (unpaired) electrons. The molecule has 0 saturated carbocycles. The van der Waals surface area contributed by atoms with Crippen molar-refractivity contribution in [1.29, 1.82) is 0 Å². The first-order chi connectivity index (χ1) is 12.5. The van der Waals surface area contributed by atoms with Gasteiger partial charge in [0, 0.05) is 44.3 Å². The molecule has 3 rings (SSSR count). The van der Waals surface area contributed by atoms with Crippen LogP contribution in [0, 0.1) is 5.82 Å². The number of nitrogens with zero attached hydrogens (tertiary/aromatic N) is 2. The van der Waals surface area contributed by atoms with Crippen molar-refractivity contribution < 1.29 is 9.18 Å². The summed E-state index contributed by atoms with van der Waals surface area (Å²) in [7, 11) is 0. The number of amides is 1. The number of piperazine rings is 1. The van der Waals surface area contributed by atoms with Gasteiger partial charge in [-0.25, -0.2) is 4.39 Å². The van der Waals surface area contributed by atoms with Crippen molar-refractivity contribution in [3.8, 4) is 0 Å². The molecule has 26 heavy (non-hydrogen) atoms. The number of anilines is 1. The maximum absolute atomic E-state index is 13.9. The molecule has 0 unspecified atom stereocenters. The van der Waals surface area contributed by atoms with E-state index in [1.54, 1.807) is 30.3 Å². The van der Waals surface area contributed by atoms with Gasteiger partial charge in [0.25, 0.3) is 5.91 Å². The summed E-state index contributed by atoms with van der Waals surface area (Å²) in [6, 6.07) is 11.7. The molecular weight excluding hydrogens is 376 g/mol. The second-order valence-corrected chi connectivity index (χ2v) is 7.00. The highest BCUT2D eigenvalue weighted by Crippen LogP contribution is 2.21. The fourth-order valence-electron chi connectivity index (χ4n) is 3.01. The number of carbonyl (C=O) groups is 1. The van der Waals surface area contributed by atoms with Crippen LogP contribution in [0.1, 0.15) is 10.4 Å². The molecule has 1 aliphatic rings. The standard InChI is InChI=1S/C19H20Cl2FN3O/c20-14-5-6-16(21)15(13-14)19(26)23-7-8-24-9-11-25(12-10-24)18-4-2-1-3-17(18)22/h1-6,13H,7-12H2,(H,23,26). The van der Waals surface area contributed by atoms with Crippen LogP contribution in [-0.4, -0.2) is 50.1 Å². The average molecular weight is 396 g/mol. The van der Waals surface area contributed by atoms with Crippen LogP contribution in [0.2, 0.25) is 10.0 Å². The molecule has 1 N–H and O–H groups in total. The predicted octanol–water partition coefficient (Wildman–Crippen LogP) is 3.68. The molecule has 2 aromatic rings.